The van der Waals surface area contributed by atoms with Gasteiger partial charge in [0, 0.05) is 0 Å². The molecule has 1 aromatic carbocycles. The van der Waals surface area contributed by atoms with Gasteiger partial charge in [0.25, 0.3) is 0 Å². The number of carbonyl (C=O) groups is 1. The molecule has 2 rings (SSSR count). The van der Waals surface area contributed by atoms with Crippen LogP contribution in [0.15, 0.2) is 34.9 Å². The number of nitrogens with zero attached hydrogens (tertiary/aromatic N) is 2. The van der Waals surface area contributed by atoms with Crippen molar-refractivity contribution in [3.63, 3.8) is 0 Å². The second-order valence-electron chi connectivity index (χ2n) is 4.20. The lowest BCUT2D eigenvalue weighted by Crippen LogP contribution is -2.25. The molecule has 1 atom stereocenters. The van der Waals surface area contributed by atoms with Crippen LogP contribution in [-0.4, -0.2) is 20.8 Å². The molecule has 1 unspecified atom stereocenters. The first-order valence-corrected chi connectivity index (χ1v) is 6.58. The van der Waals surface area contributed by atoms with E-state index in [1.54, 1.807) is 36.0 Å². The van der Waals surface area contributed by atoms with E-state index in [1.165, 1.54) is 6.07 Å². The number of benzene rings is 1. The minimum absolute atomic E-state index is 0.0430. The molecule has 0 saturated carbocycles. The third-order valence-electron chi connectivity index (χ3n) is 2.89. The summed E-state index contributed by atoms with van der Waals surface area (Å²) in [6, 6.07) is 6.15. The third kappa shape index (κ3) is 2.78. The minimum Gasteiger partial charge on any atom is -0.506 e. The van der Waals surface area contributed by atoms with Crippen LogP contribution in [0.4, 0.5) is 5.69 Å². The van der Waals surface area contributed by atoms with E-state index in [4.69, 9.17) is 0 Å². The number of phenolic OH excluding ortho intramolecular Hbond substituents is 1. The molecule has 2 aromatic rings. The number of para-hydroxylation sites is 2. The van der Waals surface area contributed by atoms with Crippen molar-refractivity contribution in [1.82, 2.24) is 9.78 Å². The van der Waals surface area contributed by atoms with Gasteiger partial charge in [0.05, 0.1) is 22.1 Å². The molecule has 6 heteroatoms. The molecule has 1 heterocycles. The summed E-state index contributed by atoms with van der Waals surface area (Å²) in [6.07, 6.45) is 1.65. The maximum Gasteiger partial charge on any atom is 0.249 e. The van der Waals surface area contributed by atoms with Crippen LogP contribution in [0.1, 0.15) is 18.7 Å². The lowest BCUT2D eigenvalue weighted by Gasteiger charge is -2.15. The van der Waals surface area contributed by atoms with E-state index in [2.05, 4.69) is 26.3 Å². The largest absolute Gasteiger partial charge is 0.506 e. The molecule has 1 amide bonds. The summed E-state index contributed by atoms with van der Waals surface area (Å²) >= 11 is 3.36. The molecular weight excluding hydrogens is 310 g/mol. The van der Waals surface area contributed by atoms with Gasteiger partial charge in [0.15, 0.2) is 0 Å². The van der Waals surface area contributed by atoms with Crippen LogP contribution in [0.5, 0.6) is 5.75 Å². The number of hydrogen-bond donors (Lipinski definition) is 2. The van der Waals surface area contributed by atoms with Gasteiger partial charge >= 0.3 is 0 Å². The number of amides is 1. The van der Waals surface area contributed by atoms with Crippen LogP contribution in [0.2, 0.25) is 0 Å². The van der Waals surface area contributed by atoms with Crippen molar-refractivity contribution in [2.24, 2.45) is 0 Å². The fourth-order valence-corrected chi connectivity index (χ4v) is 1.99. The van der Waals surface area contributed by atoms with Crippen molar-refractivity contribution in [3.8, 4) is 5.75 Å². The second kappa shape index (κ2) is 5.44. The summed E-state index contributed by atoms with van der Waals surface area (Å²) in [4.78, 5) is 12.1. The van der Waals surface area contributed by atoms with Crippen LogP contribution in [-0.2, 0) is 4.79 Å². The van der Waals surface area contributed by atoms with Crippen molar-refractivity contribution in [1.29, 1.82) is 0 Å². The topological polar surface area (TPSA) is 67.2 Å². The highest BCUT2D eigenvalue weighted by Crippen LogP contribution is 2.24. The highest BCUT2D eigenvalue weighted by Gasteiger charge is 2.19. The smallest absolute Gasteiger partial charge is 0.249 e. The molecule has 0 aliphatic rings. The first kappa shape index (κ1) is 13.6. The Balaban J connectivity index is 2.17. The Morgan fingerprint density at radius 2 is 2.16 bits per heavy atom. The average Bonchev–Trinajstić information content (AvgIpc) is 2.72. The van der Waals surface area contributed by atoms with E-state index in [9.17, 15) is 9.90 Å². The second-order valence-corrected chi connectivity index (χ2v) is 5.06. The number of carbonyl (C=O) groups excluding carboxylic acids is 1. The zero-order chi connectivity index (χ0) is 14.0. The fraction of sp³-hybridized carbons (Fsp3) is 0.231. The monoisotopic (exact) mass is 323 g/mol. The molecule has 100 valence electrons. The molecule has 2 N–H and O–H groups in total. The maximum atomic E-state index is 12.1. The van der Waals surface area contributed by atoms with E-state index in [1.807, 2.05) is 6.92 Å². The first-order chi connectivity index (χ1) is 9.00. The van der Waals surface area contributed by atoms with Crippen molar-refractivity contribution in [3.05, 3.63) is 40.6 Å². The molecule has 0 fully saturated rings. The number of halogens is 1. The SMILES string of the molecule is Cc1c(Br)cnn1C(C)C(=O)Nc1ccccc1O. The van der Waals surface area contributed by atoms with Gasteiger partial charge in [0.2, 0.25) is 5.91 Å². The Kier molecular flexibility index (Phi) is 3.90. The highest BCUT2D eigenvalue weighted by molar-refractivity contribution is 9.10. The van der Waals surface area contributed by atoms with E-state index >= 15 is 0 Å². The van der Waals surface area contributed by atoms with Gasteiger partial charge in [-0.2, -0.15) is 5.10 Å². The molecule has 0 aliphatic carbocycles. The number of aromatic hydroxyl groups is 1. The van der Waals surface area contributed by atoms with Gasteiger partial charge in [-0.1, -0.05) is 12.1 Å². The van der Waals surface area contributed by atoms with Crippen molar-refractivity contribution < 1.29 is 9.90 Å². The summed E-state index contributed by atoms with van der Waals surface area (Å²) in [6.45, 7) is 3.63. The minimum atomic E-state index is -0.467. The summed E-state index contributed by atoms with van der Waals surface area (Å²) in [5.41, 5.74) is 1.27. The van der Waals surface area contributed by atoms with Crippen molar-refractivity contribution in [2.75, 3.05) is 5.32 Å². The van der Waals surface area contributed by atoms with Crippen LogP contribution in [0.3, 0.4) is 0 Å². The van der Waals surface area contributed by atoms with Crippen LogP contribution >= 0.6 is 15.9 Å². The Morgan fingerprint density at radius 3 is 2.74 bits per heavy atom. The normalized spacial score (nSPS) is 12.2. The quantitative estimate of drug-likeness (QED) is 0.853. The summed E-state index contributed by atoms with van der Waals surface area (Å²) in [5, 5.41) is 16.5. The maximum absolute atomic E-state index is 12.1. The molecule has 0 saturated heterocycles. The lowest BCUT2D eigenvalue weighted by atomic mass is 10.2. The Morgan fingerprint density at radius 1 is 1.47 bits per heavy atom. The zero-order valence-corrected chi connectivity index (χ0v) is 12.2. The van der Waals surface area contributed by atoms with E-state index in [-0.39, 0.29) is 11.7 Å². The zero-order valence-electron chi connectivity index (χ0n) is 10.6. The van der Waals surface area contributed by atoms with Crippen LogP contribution in [0.25, 0.3) is 0 Å². The van der Waals surface area contributed by atoms with Crippen LogP contribution < -0.4 is 5.32 Å². The first-order valence-electron chi connectivity index (χ1n) is 5.79. The van der Waals surface area contributed by atoms with Gasteiger partial charge in [0.1, 0.15) is 11.8 Å². The molecule has 1 aromatic heterocycles. The Labute approximate surface area is 119 Å². The molecule has 0 bridgehead atoms. The number of hydrogen-bond acceptors (Lipinski definition) is 3. The molecule has 0 spiro atoms. The number of anilines is 1. The summed E-state index contributed by atoms with van der Waals surface area (Å²) in [5.74, 6) is -0.193. The average molecular weight is 324 g/mol. The van der Waals surface area contributed by atoms with Gasteiger partial charge in [-0.3, -0.25) is 9.48 Å². The van der Waals surface area contributed by atoms with Crippen LogP contribution in [0, 0.1) is 6.92 Å². The summed E-state index contributed by atoms with van der Waals surface area (Å²) in [7, 11) is 0. The fourth-order valence-electron chi connectivity index (χ4n) is 1.72. The van der Waals surface area contributed by atoms with Gasteiger partial charge in [-0.15, -0.1) is 0 Å². The lowest BCUT2D eigenvalue weighted by molar-refractivity contribution is -0.119. The van der Waals surface area contributed by atoms with Crippen molar-refractivity contribution in [2.45, 2.75) is 19.9 Å². The molecular formula is C13H14BrN3O2. The number of nitrogens with one attached hydrogen (secondary N) is 1. The number of phenols is 1. The standard InChI is InChI=1S/C13H14BrN3O2/c1-8-10(14)7-15-17(8)9(2)13(19)16-11-5-3-4-6-12(11)18/h3-7,9,18H,1-2H3,(H,16,19). The molecule has 0 aliphatic heterocycles. The van der Waals surface area contributed by atoms with E-state index in [0.717, 1.165) is 10.2 Å². The highest BCUT2D eigenvalue weighted by atomic mass is 79.9. The molecule has 5 nitrogen and oxygen atoms in total. The third-order valence-corrected chi connectivity index (χ3v) is 3.67. The predicted molar refractivity (Wildman–Crippen MR) is 76.1 cm³/mol. The number of aromatic nitrogens is 2. The predicted octanol–water partition coefficient (Wildman–Crippen LogP) is 2.86. The van der Waals surface area contributed by atoms with Crippen molar-refractivity contribution >= 4 is 27.5 Å². The van der Waals surface area contributed by atoms with Gasteiger partial charge < -0.3 is 10.4 Å². The Bertz CT molecular complexity index is 610. The van der Waals surface area contributed by atoms with E-state index < -0.39 is 6.04 Å². The number of rotatable bonds is 3. The van der Waals surface area contributed by atoms with Gasteiger partial charge in [-0.25, -0.2) is 0 Å². The molecule has 0 radical (unpaired) electrons. The molecule has 19 heavy (non-hydrogen) atoms. The van der Waals surface area contributed by atoms with Gasteiger partial charge in [-0.05, 0) is 41.9 Å². The van der Waals surface area contributed by atoms with E-state index in [0.29, 0.717) is 5.69 Å². The Hall–Kier alpha value is -1.82. The summed E-state index contributed by atoms with van der Waals surface area (Å²) < 4.78 is 2.48.